The molecule has 0 heterocycles. The van der Waals surface area contributed by atoms with Crippen LogP contribution in [-0.4, -0.2) is 44.2 Å². The topological polar surface area (TPSA) is 38.8 Å². The third kappa shape index (κ3) is 9.68. The van der Waals surface area contributed by atoms with Crippen molar-refractivity contribution in [3.05, 3.63) is 29.8 Å². The number of methoxy groups -OCH3 is 1. The Kier molecular flexibility index (Phi) is 12.9. The molecule has 0 aliphatic heterocycles. The maximum Gasteiger partial charge on any atom is 0.306 e. The minimum atomic E-state index is -0.395. The van der Waals surface area contributed by atoms with Crippen molar-refractivity contribution in [1.29, 1.82) is 0 Å². The predicted molar refractivity (Wildman–Crippen MR) is 138 cm³/mol. The van der Waals surface area contributed by atoms with Crippen LogP contribution in [0.15, 0.2) is 24.3 Å². The van der Waals surface area contributed by atoms with Crippen molar-refractivity contribution < 1.29 is 14.3 Å². The van der Waals surface area contributed by atoms with E-state index in [1.165, 1.54) is 56.9 Å². The molecule has 0 spiro atoms. The highest BCUT2D eigenvalue weighted by atomic mass is 16.6. The molecule has 1 atom stereocenters. The first-order valence-corrected chi connectivity index (χ1v) is 13.5. The van der Waals surface area contributed by atoms with E-state index in [1.54, 1.807) is 7.11 Å². The zero-order valence-corrected chi connectivity index (χ0v) is 21.9. The Bertz CT molecular complexity index is 649. The number of hydrogen-bond acceptors (Lipinski definition) is 4. The lowest BCUT2D eigenvalue weighted by atomic mass is 9.72. The van der Waals surface area contributed by atoms with E-state index in [9.17, 15) is 4.79 Å². The maximum absolute atomic E-state index is 13.0. The number of carbonyl (C=O) groups excluding carboxylic acids is 1. The van der Waals surface area contributed by atoms with Gasteiger partial charge in [0.1, 0.15) is 11.4 Å². The van der Waals surface area contributed by atoms with Crippen LogP contribution in [0.25, 0.3) is 0 Å². The standard InChI is InChI=1S/C29H49NO3/c1-5-6-7-8-9-10-11-12-14-17-28(31)33-29(22-15-13-16-23-29)27(24-30(2)3)25-18-20-26(32-4)21-19-25/h18-21,27H,5-17,22-24H2,1-4H3. The van der Waals surface area contributed by atoms with Crippen molar-refractivity contribution in [2.24, 2.45) is 0 Å². The molecule has 188 valence electrons. The van der Waals surface area contributed by atoms with Crippen LogP contribution in [0.4, 0.5) is 0 Å². The molecule has 2 rings (SSSR count). The van der Waals surface area contributed by atoms with Gasteiger partial charge in [0.15, 0.2) is 0 Å². The summed E-state index contributed by atoms with van der Waals surface area (Å²) in [5, 5.41) is 0. The summed E-state index contributed by atoms with van der Waals surface area (Å²) < 4.78 is 11.8. The van der Waals surface area contributed by atoms with Crippen LogP contribution in [0.1, 0.15) is 115 Å². The number of ether oxygens (including phenoxy) is 2. The first-order valence-electron chi connectivity index (χ1n) is 13.5. The fourth-order valence-electron chi connectivity index (χ4n) is 5.31. The molecule has 4 nitrogen and oxygen atoms in total. The van der Waals surface area contributed by atoms with E-state index in [-0.39, 0.29) is 11.9 Å². The Morgan fingerprint density at radius 1 is 0.909 bits per heavy atom. The van der Waals surface area contributed by atoms with Gasteiger partial charge in [-0.1, -0.05) is 76.8 Å². The molecule has 0 saturated heterocycles. The van der Waals surface area contributed by atoms with Crippen molar-refractivity contribution in [3.63, 3.8) is 0 Å². The number of hydrogen-bond donors (Lipinski definition) is 0. The zero-order chi connectivity index (χ0) is 23.9. The lowest BCUT2D eigenvalue weighted by Crippen LogP contribution is -2.46. The Morgan fingerprint density at radius 2 is 1.48 bits per heavy atom. The van der Waals surface area contributed by atoms with Crippen LogP contribution >= 0.6 is 0 Å². The molecule has 1 unspecified atom stereocenters. The summed E-state index contributed by atoms with van der Waals surface area (Å²) in [6, 6.07) is 8.35. The monoisotopic (exact) mass is 459 g/mol. The Labute approximate surface area is 203 Å². The second-order valence-corrected chi connectivity index (χ2v) is 10.3. The molecular formula is C29H49NO3. The van der Waals surface area contributed by atoms with Crippen LogP contribution in [0, 0.1) is 0 Å². The van der Waals surface area contributed by atoms with Gasteiger partial charge in [0.2, 0.25) is 0 Å². The summed E-state index contributed by atoms with van der Waals surface area (Å²) in [4.78, 5) is 15.2. The van der Waals surface area contributed by atoms with Gasteiger partial charge in [-0.2, -0.15) is 0 Å². The van der Waals surface area contributed by atoms with Crippen LogP contribution in [-0.2, 0) is 9.53 Å². The fraction of sp³-hybridized carbons (Fsp3) is 0.759. The normalized spacial score (nSPS) is 16.5. The quantitative estimate of drug-likeness (QED) is 0.189. The predicted octanol–water partition coefficient (Wildman–Crippen LogP) is 7.51. The molecule has 1 aliphatic carbocycles. The zero-order valence-electron chi connectivity index (χ0n) is 21.9. The number of carbonyl (C=O) groups is 1. The third-order valence-corrected chi connectivity index (χ3v) is 7.20. The van der Waals surface area contributed by atoms with E-state index in [4.69, 9.17) is 9.47 Å². The van der Waals surface area contributed by atoms with Crippen LogP contribution < -0.4 is 4.74 Å². The largest absolute Gasteiger partial charge is 0.497 e. The van der Waals surface area contributed by atoms with Crippen molar-refractivity contribution in [1.82, 2.24) is 4.90 Å². The minimum Gasteiger partial charge on any atom is -0.497 e. The Morgan fingerprint density at radius 3 is 2.03 bits per heavy atom. The van der Waals surface area contributed by atoms with E-state index in [2.05, 4.69) is 38.1 Å². The number of nitrogens with zero attached hydrogens (tertiary/aromatic N) is 1. The summed E-state index contributed by atoms with van der Waals surface area (Å²) in [6.07, 6.45) is 17.3. The van der Waals surface area contributed by atoms with Crippen LogP contribution in [0.2, 0.25) is 0 Å². The number of esters is 1. The van der Waals surface area contributed by atoms with Crippen molar-refractivity contribution in [3.8, 4) is 5.75 Å². The summed E-state index contributed by atoms with van der Waals surface area (Å²) in [5.41, 5.74) is 0.843. The van der Waals surface area contributed by atoms with Crippen LogP contribution in [0.5, 0.6) is 5.75 Å². The van der Waals surface area contributed by atoms with Crippen molar-refractivity contribution >= 4 is 5.97 Å². The summed E-state index contributed by atoms with van der Waals surface area (Å²) in [7, 11) is 5.91. The molecule has 1 saturated carbocycles. The highest BCUT2D eigenvalue weighted by molar-refractivity contribution is 5.70. The summed E-state index contributed by atoms with van der Waals surface area (Å²) >= 11 is 0. The molecular weight excluding hydrogens is 410 g/mol. The molecule has 1 aromatic rings. The van der Waals surface area contributed by atoms with Gasteiger partial charge in [0, 0.05) is 18.9 Å². The molecule has 4 heteroatoms. The summed E-state index contributed by atoms with van der Waals surface area (Å²) in [6.45, 7) is 3.13. The van der Waals surface area contributed by atoms with Gasteiger partial charge >= 0.3 is 5.97 Å². The van der Waals surface area contributed by atoms with Gasteiger partial charge in [0.25, 0.3) is 0 Å². The second kappa shape index (κ2) is 15.4. The fourth-order valence-corrected chi connectivity index (χ4v) is 5.31. The number of rotatable bonds is 16. The SMILES string of the molecule is CCCCCCCCCCCC(=O)OC1(C(CN(C)C)c2ccc(OC)cc2)CCCCC1. The van der Waals surface area contributed by atoms with E-state index in [1.807, 2.05) is 12.1 Å². The molecule has 33 heavy (non-hydrogen) atoms. The Balaban J connectivity index is 1.95. The first-order chi connectivity index (χ1) is 16.0. The van der Waals surface area contributed by atoms with Gasteiger partial charge in [-0.15, -0.1) is 0 Å². The van der Waals surface area contributed by atoms with E-state index in [0.29, 0.717) is 6.42 Å². The lowest BCUT2D eigenvalue weighted by Gasteiger charge is -2.44. The highest BCUT2D eigenvalue weighted by Crippen LogP contribution is 2.44. The molecule has 0 N–H and O–H groups in total. The average Bonchev–Trinajstić information content (AvgIpc) is 2.82. The van der Waals surface area contributed by atoms with Gasteiger partial charge in [0.05, 0.1) is 7.11 Å². The highest BCUT2D eigenvalue weighted by Gasteiger charge is 2.44. The smallest absolute Gasteiger partial charge is 0.306 e. The number of unbranched alkanes of at least 4 members (excludes halogenated alkanes) is 8. The van der Waals surface area contributed by atoms with E-state index in [0.717, 1.165) is 50.8 Å². The number of benzene rings is 1. The van der Waals surface area contributed by atoms with Gasteiger partial charge in [-0.25, -0.2) is 0 Å². The van der Waals surface area contributed by atoms with Crippen molar-refractivity contribution in [2.45, 2.75) is 115 Å². The number of likely N-dealkylation sites (N-methyl/N-ethyl adjacent to an activating group) is 1. The van der Waals surface area contributed by atoms with E-state index >= 15 is 0 Å². The second-order valence-electron chi connectivity index (χ2n) is 10.3. The molecule has 1 aliphatic rings. The molecule has 0 amide bonds. The van der Waals surface area contributed by atoms with Crippen LogP contribution in [0.3, 0.4) is 0 Å². The van der Waals surface area contributed by atoms with Gasteiger partial charge in [-0.3, -0.25) is 4.79 Å². The van der Waals surface area contributed by atoms with E-state index < -0.39 is 5.60 Å². The van der Waals surface area contributed by atoms with Crippen molar-refractivity contribution in [2.75, 3.05) is 27.7 Å². The minimum absolute atomic E-state index is 0.00267. The molecule has 0 bridgehead atoms. The maximum atomic E-state index is 13.0. The lowest BCUT2D eigenvalue weighted by molar-refractivity contribution is -0.167. The molecule has 1 fully saturated rings. The third-order valence-electron chi connectivity index (χ3n) is 7.20. The average molecular weight is 460 g/mol. The first kappa shape index (κ1) is 27.7. The summed E-state index contributed by atoms with van der Waals surface area (Å²) in [5.74, 6) is 1.03. The van der Waals surface area contributed by atoms with Gasteiger partial charge in [-0.05, 0) is 63.9 Å². The molecule has 1 aromatic carbocycles. The van der Waals surface area contributed by atoms with Gasteiger partial charge < -0.3 is 14.4 Å². The molecule has 0 aromatic heterocycles. The molecule has 0 radical (unpaired) electrons. The Hall–Kier alpha value is -1.55.